The normalized spacial score (nSPS) is 18.0. The lowest BCUT2D eigenvalue weighted by Crippen LogP contribution is -2.64. The first-order valence-corrected chi connectivity index (χ1v) is 7.46. The van der Waals surface area contributed by atoms with Gasteiger partial charge in [0, 0.05) is 6.54 Å². The summed E-state index contributed by atoms with van der Waals surface area (Å²) in [4.78, 5) is 23.6. The van der Waals surface area contributed by atoms with E-state index in [2.05, 4.69) is 12.2 Å². The highest BCUT2D eigenvalue weighted by molar-refractivity contribution is 7.80. The fraction of sp³-hybridized carbons (Fsp3) is 0.769. The van der Waals surface area contributed by atoms with Crippen LogP contribution in [0.4, 0.5) is 39.5 Å². The van der Waals surface area contributed by atoms with E-state index in [1.54, 1.807) is 20.8 Å². The monoisotopic (exact) mass is 432 g/mol. The molecule has 0 radical (unpaired) electrons. The third-order valence-electron chi connectivity index (χ3n) is 3.33. The average Bonchev–Trinajstić information content (AvgIpc) is 2.62. The molecule has 27 heavy (non-hydrogen) atoms. The Labute approximate surface area is 152 Å². The molecule has 1 fully saturated rings. The molecule has 1 aliphatic rings. The molecule has 0 aromatic rings. The summed E-state index contributed by atoms with van der Waals surface area (Å²) in [5.74, 6) is -23.4. The van der Waals surface area contributed by atoms with Crippen LogP contribution in [0.2, 0.25) is 0 Å². The Morgan fingerprint density at radius 2 is 1.11 bits per heavy atom. The molecule has 0 atom stereocenters. The van der Waals surface area contributed by atoms with E-state index in [0.717, 1.165) is 0 Å². The molecule has 1 rings (SSSR count). The van der Waals surface area contributed by atoms with Crippen molar-refractivity contribution in [3.63, 3.8) is 0 Å². The van der Waals surface area contributed by atoms with Crippen LogP contribution in [0.5, 0.6) is 0 Å². The molecule has 0 N–H and O–H groups in total. The van der Waals surface area contributed by atoms with Crippen LogP contribution in [-0.2, 0) is 9.59 Å². The Morgan fingerprint density at radius 1 is 0.741 bits per heavy atom. The Bertz CT molecular complexity index is 655. The van der Waals surface area contributed by atoms with Crippen LogP contribution in [-0.4, -0.2) is 63.8 Å². The van der Waals surface area contributed by atoms with Gasteiger partial charge >= 0.3 is 35.8 Å². The average molecular weight is 432 g/mol. The minimum atomic E-state index is -7.09. The minimum Gasteiger partial charge on any atom is -0.280 e. The largest absolute Gasteiger partial charge is 0.460 e. The quantitative estimate of drug-likeness (QED) is 0.380. The SMILES string of the molecule is CC(C)(C)CN1C(=O)C(=O)N(CC(F)(F)C(F)(F)C(F)(F)C(F)(F)F)C1=S. The summed E-state index contributed by atoms with van der Waals surface area (Å²) in [6.45, 7) is 1.69. The first kappa shape index (κ1) is 23.4. The summed E-state index contributed by atoms with van der Waals surface area (Å²) in [5, 5.41) is -0.995. The highest BCUT2D eigenvalue weighted by atomic mass is 32.1. The van der Waals surface area contributed by atoms with Gasteiger partial charge in [-0.2, -0.15) is 39.5 Å². The maximum atomic E-state index is 13.7. The standard InChI is InChI=1S/C13H13F9N2O2S/c1-9(2,3)4-23-6(25)7(26)24(8(23)27)5-10(14,15)11(16,17)12(18,19)13(20,21)22/h4-5H2,1-3H3. The van der Waals surface area contributed by atoms with E-state index < -0.39 is 57.7 Å². The topological polar surface area (TPSA) is 40.6 Å². The van der Waals surface area contributed by atoms with Crippen molar-refractivity contribution in [3.05, 3.63) is 0 Å². The molecule has 0 saturated carbocycles. The van der Waals surface area contributed by atoms with E-state index in [0.29, 0.717) is 4.90 Å². The van der Waals surface area contributed by atoms with E-state index in [4.69, 9.17) is 0 Å². The second-order valence-corrected chi connectivity index (χ2v) is 7.34. The van der Waals surface area contributed by atoms with E-state index in [-0.39, 0.29) is 6.54 Å². The van der Waals surface area contributed by atoms with E-state index in [9.17, 15) is 49.1 Å². The minimum absolute atomic E-state index is 0.312. The van der Waals surface area contributed by atoms with E-state index >= 15 is 0 Å². The summed E-state index contributed by atoms with van der Waals surface area (Å²) < 4.78 is 116. The van der Waals surface area contributed by atoms with Crippen LogP contribution in [0.3, 0.4) is 0 Å². The van der Waals surface area contributed by atoms with Gasteiger partial charge in [-0.05, 0) is 17.6 Å². The molecular formula is C13H13F9N2O2S. The third kappa shape index (κ3) is 3.99. The number of halogens is 9. The van der Waals surface area contributed by atoms with Gasteiger partial charge in [-0.15, -0.1) is 0 Å². The number of hydrogen-bond acceptors (Lipinski definition) is 3. The van der Waals surface area contributed by atoms with Crippen molar-refractivity contribution < 1.29 is 49.1 Å². The second-order valence-electron chi connectivity index (χ2n) is 6.98. The maximum Gasteiger partial charge on any atom is 0.460 e. The molecule has 1 heterocycles. The number of rotatable bonds is 5. The van der Waals surface area contributed by atoms with Crippen molar-refractivity contribution in [2.45, 2.75) is 44.7 Å². The number of thiocarbonyl (C=S) groups is 1. The lowest BCUT2D eigenvalue weighted by Gasteiger charge is -2.35. The van der Waals surface area contributed by atoms with Crippen LogP contribution in [0.15, 0.2) is 0 Å². The molecule has 0 unspecified atom stereocenters. The van der Waals surface area contributed by atoms with Gasteiger partial charge in [0.2, 0.25) is 0 Å². The first-order valence-electron chi connectivity index (χ1n) is 7.05. The molecule has 156 valence electrons. The van der Waals surface area contributed by atoms with Crippen LogP contribution in [0.1, 0.15) is 20.8 Å². The van der Waals surface area contributed by atoms with Crippen molar-refractivity contribution in [2.75, 3.05) is 13.1 Å². The molecule has 0 aromatic carbocycles. The summed E-state index contributed by atoms with van der Waals surface area (Å²) in [5.41, 5.74) is -0.730. The zero-order chi connectivity index (χ0) is 21.8. The molecular weight excluding hydrogens is 419 g/mol. The van der Waals surface area contributed by atoms with Gasteiger partial charge in [0.15, 0.2) is 5.11 Å². The molecule has 0 spiro atoms. The smallest absolute Gasteiger partial charge is 0.280 e. The van der Waals surface area contributed by atoms with Crippen molar-refractivity contribution in [3.8, 4) is 0 Å². The molecule has 1 aliphatic heterocycles. The summed E-state index contributed by atoms with van der Waals surface area (Å²) in [6.07, 6.45) is -6.98. The fourth-order valence-corrected chi connectivity index (χ4v) is 2.30. The molecule has 0 bridgehead atoms. The van der Waals surface area contributed by atoms with Crippen molar-refractivity contribution in [2.24, 2.45) is 5.41 Å². The van der Waals surface area contributed by atoms with E-state index in [1.165, 1.54) is 0 Å². The Morgan fingerprint density at radius 3 is 1.44 bits per heavy atom. The first-order chi connectivity index (χ1) is 11.7. The van der Waals surface area contributed by atoms with Gasteiger partial charge in [0.05, 0.1) is 6.54 Å². The molecule has 4 nitrogen and oxygen atoms in total. The summed E-state index contributed by atoms with van der Waals surface area (Å²) in [7, 11) is 0. The maximum absolute atomic E-state index is 13.7. The van der Waals surface area contributed by atoms with Gasteiger partial charge in [-0.1, -0.05) is 20.8 Å². The van der Waals surface area contributed by atoms with E-state index in [1.807, 2.05) is 0 Å². The molecule has 0 aliphatic carbocycles. The van der Waals surface area contributed by atoms with Crippen molar-refractivity contribution in [1.82, 2.24) is 9.80 Å². The van der Waals surface area contributed by atoms with Gasteiger partial charge in [0.25, 0.3) is 0 Å². The predicted molar refractivity (Wildman–Crippen MR) is 76.4 cm³/mol. The molecule has 0 aromatic heterocycles. The summed E-state index contributed by atoms with van der Waals surface area (Å²) in [6, 6.07) is 0. The highest BCUT2D eigenvalue weighted by Crippen LogP contribution is 2.53. The van der Waals surface area contributed by atoms with Crippen LogP contribution in [0.25, 0.3) is 0 Å². The van der Waals surface area contributed by atoms with Crippen LogP contribution < -0.4 is 0 Å². The Balaban J connectivity index is 3.20. The fourth-order valence-electron chi connectivity index (χ4n) is 2.01. The molecule has 14 heteroatoms. The molecule has 1 saturated heterocycles. The van der Waals surface area contributed by atoms with Crippen molar-refractivity contribution >= 4 is 29.1 Å². The van der Waals surface area contributed by atoms with Crippen LogP contribution in [0, 0.1) is 5.41 Å². The van der Waals surface area contributed by atoms with Gasteiger partial charge < -0.3 is 0 Å². The lowest BCUT2D eigenvalue weighted by atomic mass is 9.96. The number of nitrogens with zero attached hydrogens (tertiary/aromatic N) is 2. The number of hydrogen-bond donors (Lipinski definition) is 0. The van der Waals surface area contributed by atoms with Gasteiger partial charge in [0.1, 0.15) is 0 Å². The van der Waals surface area contributed by atoms with Crippen molar-refractivity contribution in [1.29, 1.82) is 0 Å². The lowest BCUT2D eigenvalue weighted by molar-refractivity contribution is -0.395. The number of alkyl halides is 9. The zero-order valence-electron chi connectivity index (χ0n) is 13.9. The predicted octanol–water partition coefficient (Wildman–Crippen LogP) is 3.46. The number of carbonyl (C=O) groups is 2. The van der Waals surface area contributed by atoms with Crippen LogP contribution >= 0.6 is 12.2 Å². The van der Waals surface area contributed by atoms with Gasteiger partial charge in [-0.3, -0.25) is 19.4 Å². The zero-order valence-corrected chi connectivity index (χ0v) is 14.8. The third-order valence-corrected chi connectivity index (χ3v) is 3.77. The van der Waals surface area contributed by atoms with Gasteiger partial charge in [-0.25, -0.2) is 0 Å². The molecule has 2 amide bonds. The summed E-state index contributed by atoms with van der Waals surface area (Å²) >= 11 is 4.56. The second kappa shape index (κ2) is 6.48. The number of amides is 2. The number of carbonyl (C=O) groups excluding carboxylic acids is 2. The Hall–Kier alpha value is -1.60. The Kier molecular flexibility index (Phi) is 5.63. The highest BCUT2D eigenvalue weighted by Gasteiger charge is 2.82.